The van der Waals surface area contributed by atoms with Crippen molar-refractivity contribution in [1.82, 2.24) is 9.80 Å². The number of aryl methyl sites for hydroxylation is 1. The number of carbonyl (C=O) groups is 2. The minimum Gasteiger partial charge on any atom is -0.491 e. The van der Waals surface area contributed by atoms with E-state index in [0.29, 0.717) is 30.3 Å². The Morgan fingerprint density at radius 1 is 1.22 bits per heavy atom. The molecule has 9 heteroatoms. The van der Waals surface area contributed by atoms with Crippen molar-refractivity contribution in [3.63, 3.8) is 0 Å². The molecule has 1 aromatic heterocycles. The molecule has 0 aliphatic carbocycles. The Balaban J connectivity index is 1.53. The molecule has 0 fully saturated rings. The van der Waals surface area contributed by atoms with Crippen LogP contribution >= 0.6 is 22.9 Å². The molecule has 0 spiro atoms. The van der Waals surface area contributed by atoms with E-state index in [0.717, 1.165) is 17.5 Å². The summed E-state index contributed by atoms with van der Waals surface area (Å²) in [5, 5.41) is 2.69. The van der Waals surface area contributed by atoms with E-state index < -0.39 is 11.7 Å². The van der Waals surface area contributed by atoms with Crippen LogP contribution in [0.3, 0.4) is 0 Å². The van der Waals surface area contributed by atoms with E-state index in [9.17, 15) is 14.0 Å². The summed E-state index contributed by atoms with van der Waals surface area (Å²) in [4.78, 5) is 31.3. The number of nitrogens with zero attached hydrogens (tertiary/aromatic N) is 2. The molecule has 0 bridgehead atoms. The lowest BCUT2D eigenvalue weighted by molar-refractivity contribution is -0.135. The summed E-state index contributed by atoms with van der Waals surface area (Å²) < 4.78 is 25.6. The number of amides is 2. The van der Waals surface area contributed by atoms with Gasteiger partial charge in [-0.05, 0) is 72.7 Å². The van der Waals surface area contributed by atoms with Gasteiger partial charge in [-0.25, -0.2) is 4.39 Å². The first kappa shape index (κ1) is 27.1. The molecule has 2 aromatic carbocycles. The van der Waals surface area contributed by atoms with Crippen LogP contribution in [0.1, 0.15) is 38.8 Å². The molecule has 1 aliphatic heterocycles. The molecule has 4 rings (SSSR count). The molecule has 1 atom stereocenters. The minimum atomic E-state index is -0.609. The number of hydrogen-bond donors (Lipinski definition) is 0. The smallest absolute Gasteiger partial charge is 0.257 e. The molecule has 0 saturated carbocycles. The molecular formula is C28H30ClFN2O4S. The summed E-state index contributed by atoms with van der Waals surface area (Å²) in [6.07, 6.45) is 1.27. The first-order chi connectivity index (χ1) is 17.9. The lowest BCUT2D eigenvalue weighted by atomic mass is 10.00. The zero-order valence-corrected chi connectivity index (χ0v) is 22.5. The highest BCUT2D eigenvalue weighted by atomic mass is 35.5. The molecule has 6 nitrogen and oxygen atoms in total. The number of benzene rings is 2. The van der Waals surface area contributed by atoms with E-state index in [-0.39, 0.29) is 37.2 Å². The van der Waals surface area contributed by atoms with Crippen LogP contribution < -0.4 is 4.74 Å². The fourth-order valence-electron chi connectivity index (χ4n) is 4.47. The van der Waals surface area contributed by atoms with Crippen LogP contribution in [0.4, 0.5) is 4.39 Å². The van der Waals surface area contributed by atoms with Crippen molar-refractivity contribution in [3.8, 4) is 5.75 Å². The Hall–Kier alpha value is -2.94. The molecule has 0 saturated heterocycles. The molecule has 0 N–H and O–H groups in total. The molecule has 196 valence electrons. The highest BCUT2D eigenvalue weighted by Gasteiger charge is 2.34. The third kappa shape index (κ3) is 6.50. The van der Waals surface area contributed by atoms with Gasteiger partial charge in [-0.2, -0.15) is 0 Å². The zero-order valence-electron chi connectivity index (χ0n) is 20.9. The maximum absolute atomic E-state index is 14.4. The van der Waals surface area contributed by atoms with Gasteiger partial charge >= 0.3 is 0 Å². The van der Waals surface area contributed by atoms with Crippen molar-refractivity contribution in [1.29, 1.82) is 0 Å². The van der Waals surface area contributed by atoms with E-state index in [4.69, 9.17) is 21.1 Å². The monoisotopic (exact) mass is 544 g/mol. The molecule has 37 heavy (non-hydrogen) atoms. The highest BCUT2D eigenvalue weighted by molar-refractivity contribution is 7.10. The lowest BCUT2D eigenvalue weighted by Crippen LogP contribution is -2.48. The Morgan fingerprint density at radius 3 is 2.78 bits per heavy atom. The van der Waals surface area contributed by atoms with Gasteiger partial charge in [0, 0.05) is 36.7 Å². The van der Waals surface area contributed by atoms with E-state index in [2.05, 4.69) is 0 Å². The van der Waals surface area contributed by atoms with Crippen molar-refractivity contribution in [3.05, 3.63) is 86.3 Å². The number of hydrogen-bond acceptors (Lipinski definition) is 5. The zero-order chi connectivity index (χ0) is 26.4. The first-order valence-corrected chi connectivity index (χ1v) is 13.4. The summed E-state index contributed by atoms with van der Waals surface area (Å²) in [6.45, 7) is 3.23. The number of ether oxygens (including phenoxy) is 2. The number of methoxy groups -OCH3 is 1. The average Bonchev–Trinajstić information content (AvgIpc) is 3.38. The SMILES string of the molecule is COCCCN(CC(=O)N1CCc2sccc2[C@@H]1COc1ccc(Cl)c(C)c1)C(=O)c1ccccc1F. The van der Waals surface area contributed by atoms with E-state index >= 15 is 0 Å². The summed E-state index contributed by atoms with van der Waals surface area (Å²) in [5.41, 5.74) is 1.91. The third-order valence-electron chi connectivity index (χ3n) is 6.45. The third-order valence-corrected chi connectivity index (χ3v) is 7.87. The predicted octanol–water partition coefficient (Wildman–Crippen LogP) is 5.53. The maximum atomic E-state index is 14.4. The minimum absolute atomic E-state index is 0.0514. The van der Waals surface area contributed by atoms with Crippen molar-refractivity contribution in [2.24, 2.45) is 0 Å². The van der Waals surface area contributed by atoms with Gasteiger partial charge in [-0.15, -0.1) is 11.3 Å². The van der Waals surface area contributed by atoms with Gasteiger partial charge in [0.25, 0.3) is 5.91 Å². The Bertz CT molecular complexity index is 1250. The van der Waals surface area contributed by atoms with Gasteiger partial charge in [0.05, 0.1) is 11.6 Å². The van der Waals surface area contributed by atoms with Crippen molar-refractivity contribution >= 4 is 34.8 Å². The Morgan fingerprint density at radius 2 is 2.03 bits per heavy atom. The van der Waals surface area contributed by atoms with Gasteiger partial charge < -0.3 is 19.3 Å². The van der Waals surface area contributed by atoms with Gasteiger partial charge in [-0.3, -0.25) is 9.59 Å². The van der Waals surface area contributed by atoms with Crippen LogP contribution in [-0.4, -0.2) is 61.6 Å². The van der Waals surface area contributed by atoms with Gasteiger partial charge in [0.1, 0.15) is 24.7 Å². The second-order valence-electron chi connectivity index (χ2n) is 8.93. The van der Waals surface area contributed by atoms with Crippen LogP contribution in [0, 0.1) is 12.7 Å². The predicted molar refractivity (Wildman–Crippen MR) is 143 cm³/mol. The fraction of sp³-hybridized carbons (Fsp3) is 0.357. The molecule has 1 aliphatic rings. The Kier molecular flexibility index (Phi) is 9.18. The average molecular weight is 545 g/mol. The number of fused-ring (bicyclic) bond motifs is 1. The van der Waals surface area contributed by atoms with Crippen molar-refractivity contribution in [2.75, 3.05) is 40.0 Å². The number of rotatable bonds is 10. The standard InChI is InChI=1S/C28H30ClFN2O4S/c1-19-16-20(8-9-23(19)29)36-18-25-22-11-15-37-26(22)10-13-32(25)27(33)17-31(12-5-14-35-2)28(34)21-6-3-4-7-24(21)30/h3-4,6-9,11,15-16,25H,5,10,12-14,17-18H2,1-2H3/t25-/m0/s1. The van der Waals surface area contributed by atoms with Crippen molar-refractivity contribution < 1.29 is 23.5 Å². The molecule has 2 heterocycles. The number of halogens is 2. The van der Waals surface area contributed by atoms with E-state index in [1.54, 1.807) is 35.5 Å². The second kappa shape index (κ2) is 12.5. The largest absolute Gasteiger partial charge is 0.491 e. The molecule has 0 unspecified atom stereocenters. The Labute approximate surface area is 225 Å². The van der Waals surface area contributed by atoms with Crippen LogP contribution in [0.25, 0.3) is 0 Å². The van der Waals surface area contributed by atoms with Gasteiger partial charge in [0.2, 0.25) is 5.91 Å². The topological polar surface area (TPSA) is 59.1 Å². The first-order valence-electron chi connectivity index (χ1n) is 12.2. The summed E-state index contributed by atoms with van der Waals surface area (Å²) in [5.74, 6) is -0.658. The van der Waals surface area contributed by atoms with Crippen LogP contribution in [0.5, 0.6) is 5.75 Å². The second-order valence-corrected chi connectivity index (χ2v) is 10.3. The van der Waals surface area contributed by atoms with E-state index in [1.807, 2.05) is 30.5 Å². The quantitative estimate of drug-likeness (QED) is 0.315. The van der Waals surface area contributed by atoms with Crippen LogP contribution in [0.2, 0.25) is 5.02 Å². The van der Waals surface area contributed by atoms with Gasteiger partial charge in [0.15, 0.2) is 0 Å². The maximum Gasteiger partial charge on any atom is 0.257 e. The van der Waals surface area contributed by atoms with Gasteiger partial charge in [-0.1, -0.05) is 23.7 Å². The molecule has 0 radical (unpaired) electrons. The number of thiophene rings is 1. The normalized spacial score (nSPS) is 14.8. The summed E-state index contributed by atoms with van der Waals surface area (Å²) >= 11 is 7.82. The highest BCUT2D eigenvalue weighted by Crippen LogP contribution is 2.34. The lowest BCUT2D eigenvalue weighted by Gasteiger charge is -2.37. The number of carbonyl (C=O) groups excluding carboxylic acids is 2. The van der Waals surface area contributed by atoms with Crippen LogP contribution in [0.15, 0.2) is 53.9 Å². The fourth-order valence-corrected chi connectivity index (χ4v) is 5.51. The summed E-state index contributed by atoms with van der Waals surface area (Å²) in [6, 6.07) is 13.0. The van der Waals surface area contributed by atoms with E-state index in [1.165, 1.54) is 28.0 Å². The molecular weight excluding hydrogens is 515 g/mol. The van der Waals surface area contributed by atoms with Crippen molar-refractivity contribution in [2.45, 2.75) is 25.8 Å². The van der Waals surface area contributed by atoms with Crippen LogP contribution in [-0.2, 0) is 16.0 Å². The molecule has 3 aromatic rings. The molecule has 2 amide bonds. The summed E-state index contributed by atoms with van der Waals surface area (Å²) in [7, 11) is 1.58.